The summed E-state index contributed by atoms with van der Waals surface area (Å²) in [5, 5.41) is 12.0. The molecule has 4 N–H and O–H groups in total. The van der Waals surface area contributed by atoms with Gasteiger partial charge >= 0.3 is 5.69 Å². The van der Waals surface area contributed by atoms with Gasteiger partial charge < -0.3 is 26.0 Å². The average molecular weight is 441 g/mol. The van der Waals surface area contributed by atoms with Gasteiger partial charge in [0.05, 0.1) is 28.3 Å². The number of likely N-dealkylation sites (tertiary alicyclic amines) is 1. The number of ether oxygens (including phenoxy) is 1. The molecule has 0 bridgehead atoms. The molecule has 2 aromatic rings. The zero-order valence-corrected chi connectivity index (χ0v) is 18.2. The molecule has 10 nitrogen and oxygen atoms in total. The van der Waals surface area contributed by atoms with Crippen molar-refractivity contribution in [3.8, 4) is 17.0 Å². The molecule has 2 aliphatic rings. The lowest BCUT2D eigenvalue weighted by atomic mass is 9.96. The minimum atomic E-state index is -0.794. The molecule has 170 valence electrons. The number of nitrogens with zero attached hydrogens (tertiary/aromatic N) is 4. The molecule has 1 saturated heterocycles. The number of aryl methyl sites for hydroxylation is 1. The Morgan fingerprint density at radius 3 is 2.75 bits per heavy atom. The van der Waals surface area contributed by atoms with Crippen molar-refractivity contribution in [3.05, 3.63) is 39.6 Å². The van der Waals surface area contributed by atoms with E-state index in [1.807, 2.05) is 18.0 Å². The number of rotatable bonds is 7. The monoisotopic (exact) mass is 440 g/mol. The summed E-state index contributed by atoms with van der Waals surface area (Å²) in [6.07, 6.45) is 5.54. The molecule has 1 fully saturated rings. The Labute approximate surface area is 186 Å². The van der Waals surface area contributed by atoms with Crippen LogP contribution in [0.25, 0.3) is 11.1 Å². The normalized spacial score (nSPS) is 15.8. The van der Waals surface area contributed by atoms with Gasteiger partial charge in [0.1, 0.15) is 5.69 Å². The number of anilines is 2. The number of nitrogens with two attached hydrogens (primary N) is 2. The molecule has 0 radical (unpaired) electrons. The molecular weight excluding hydrogens is 412 g/mol. The van der Waals surface area contributed by atoms with Crippen molar-refractivity contribution in [2.45, 2.75) is 25.7 Å². The smallest absolute Gasteiger partial charge is 0.300 e. The van der Waals surface area contributed by atoms with E-state index in [9.17, 15) is 14.9 Å². The van der Waals surface area contributed by atoms with Gasteiger partial charge in [0.2, 0.25) is 5.88 Å². The fourth-order valence-corrected chi connectivity index (χ4v) is 4.46. The van der Waals surface area contributed by atoms with Crippen LogP contribution in [0.4, 0.5) is 17.1 Å². The van der Waals surface area contributed by atoms with E-state index < -0.39 is 10.8 Å². The van der Waals surface area contributed by atoms with Crippen LogP contribution in [0.5, 0.6) is 5.88 Å². The average Bonchev–Trinajstić information content (AvgIpc) is 3.29. The number of benzene rings is 1. The first-order valence-electron chi connectivity index (χ1n) is 10.8. The van der Waals surface area contributed by atoms with Crippen LogP contribution in [0.3, 0.4) is 0 Å². The maximum Gasteiger partial charge on any atom is 0.300 e. The third-order valence-electron chi connectivity index (χ3n) is 6.17. The SMILES string of the molecule is CN(CCN1CCCC1)c1cc(-c2cnc3c(c2)CCCO3)c([N+](=O)[O-])c(N)c1C(N)=O. The summed E-state index contributed by atoms with van der Waals surface area (Å²) in [4.78, 5) is 32.3. The van der Waals surface area contributed by atoms with Gasteiger partial charge in [0.15, 0.2) is 0 Å². The van der Waals surface area contributed by atoms with E-state index in [4.69, 9.17) is 16.2 Å². The maximum absolute atomic E-state index is 12.3. The lowest BCUT2D eigenvalue weighted by Gasteiger charge is -2.26. The highest BCUT2D eigenvalue weighted by atomic mass is 16.6. The first kappa shape index (κ1) is 21.8. The van der Waals surface area contributed by atoms with Crippen LogP contribution in [0.1, 0.15) is 35.2 Å². The third kappa shape index (κ3) is 4.18. The fraction of sp³-hybridized carbons (Fsp3) is 0.455. The highest BCUT2D eigenvalue weighted by Crippen LogP contribution is 2.42. The molecule has 4 rings (SSSR count). The molecule has 1 aromatic heterocycles. The van der Waals surface area contributed by atoms with Crippen LogP contribution in [0.15, 0.2) is 18.3 Å². The number of nitrogen functional groups attached to an aromatic ring is 1. The Morgan fingerprint density at radius 2 is 2.06 bits per heavy atom. The maximum atomic E-state index is 12.3. The number of primary amides is 1. The van der Waals surface area contributed by atoms with Crippen molar-refractivity contribution in [3.63, 3.8) is 0 Å². The zero-order valence-electron chi connectivity index (χ0n) is 18.2. The van der Waals surface area contributed by atoms with Crippen LogP contribution in [-0.2, 0) is 6.42 Å². The summed E-state index contributed by atoms with van der Waals surface area (Å²) in [6.45, 7) is 4.15. The number of nitro benzene ring substituents is 1. The van der Waals surface area contributed by atoms with Crippen LogP contribution in [0.2, 0.25) is 0 Å². The standard InChI is InChI=1S/C22H28N6O4/c1-26(8-9-27-6-2-3-7-27)17-12-16(20(28(30)31)19(23)18(17)21(24)29)15-11-14-5-4-10-32-22(14)25-13-15/h11-13H,2-10,23H2,1H3,(H2,24,29). The van der Waals surface area contributed by atoms with Crippen molar-refractivity contribution < 1.29 is 14.5 Å². The number of amides is 1. The molecule has 3 heterocycles. The first-order valence-corrected chi connectivity index (χ1v) is 10.8. The highest BCUT2D eigenvalue weighted by Gasteiger charge is 2.30. The summed E-state index contributed by atoms with van der Waals surface area (Å²) in [6, 6.07) is 3.48. The van der Waals surface area contributed by atoms with Gasteiger partial charge in [-0.15, -0.1) is 0 Å². The Kier molecular flexibility index (Phi) is 6.13. The first-order chi connectivity index (χ1) is 15.4. The van der Waals surface area contributed by atoms with E-state index >= 15 is 0 Å². The Morgan fingerprint density at radius 1 is 1.31 bits per heavy atom. The number of pyridine rings is 1. The molecule has 1 aromatic carbocycles. The van der Waals surface area contributed by atoms with Crippen LogP contribution in [0, 0.1) is 10.1 Å². The van der Waals surface area contributed by atoms with Crippen molar-refractivity contribution in [2.24, 2.45) is 5.73 Å². The van der Waals surface area contributed by atoms with E-state index in [1.54, 1.807) is 12.3 Å². The van der Waals surface area contributed by atoms with Crippen molar-refractivity contribution in [1.29, 1.82) is 0 Å². The quantitative estimate of drug-likeness (QED) is 0.379. The third-order valence-corrected chi connectivity index (χ3v) is 6.17. The summed E-state index contributed by atoms with van der Waals surface area (Å²) < 4.78 is 5.57. The Hall–Kier alpha value is -3.40. The second kappa shape index (κ2) is 8.99. The Balaban J connectivity index is 1.80. The molecule has 10 heteroatoms. The lowest BCUT2D eigenvalue weighted by molar-refractivity contribution is -0.383. The van der Waals surface area contributed by atoms with Crippen LogP contribution in [-0.4, -0.2) is 60.5 Å². The molecule has 0 saturated carbocycles. The summed E-state index contributed by atoms with van der Waals surface area (Å²) >= 11 is 0. The molecule has 0 aliphatic carbocycles. The number of hydrogen-bond donors (Lipinski definition) is 2. The number of nitro groups is 1. The number of likely N-dealkylation sites (N-methyl/N-ethyl adjacent to an activating group) is 1. The summed E-state index contributed by atoms with van der Waals surface area (Å²) in [7, 11) is 1.84. The second-order valence-electron chi connectivity index (χ2n) is 8.31. The van der Waals surface area contributed by atoms with Crippen LogP contribution < -0.4 is 21.1 Å². The van der Waals surface area contributed by atoms with E-state index in [0.29, 0.717) is 35.8 Å². The summed E-state index contributed by atoms with van der Waals surface area (Å²) in [5.74, 6) is -0.246. The van der Waals surface area contributed by atoms with Gasteiger partial charge in [0.25, 0.3) is 5.91 Å². The molecule has 1 amide bonds. The van der Waals surface area contributed by atoms with Crippen molar-refractivity contribution >= 4 is 23.0 Å². The van der Waals surface area contributed by atoms with Gasteiger partial charge in [-0.3, -0.25) is 14.9 Å². The molecule has 0 spiro atoms. The fourth-order valence-electron chi connectivity index (χ4n) is 4.46. The van der Waals surface area contributed by atoms with Gasteiger partial charge in [-0.05, 0) is 50.9 Å². The van der Waals surface area contributed by atoms with Crippen molar-refractivity contribution in [2.75, 3.05) is 50.5 Å². The molecule has 0 unspecified atom stereocenters. The molecule has 2 aliphatic heterocycles. The lowest BCUT2D eigenvalue weighted by Crippen LogP contribution is -2.33. The predicted octanol–water partition coefficient (Wildman–Crippen LogP) is 2.19. The van der Waals surface area contributed by atoms with Gasteiger partial charge in [-0.25, -0.2) is 4.98 Å². The molecule has 0 atom stereocenters. The van der Waals surface area contributed by atoms with E-state index in [2.05, 4.69) is 9.88 Å². The second-order valence-corrected chi connectivity index (χ2v) is 8.31. The van der Waals surface area contributed by atoms with Crippen LogP contribution >= 0.6 is 0 Å². The Bertz CT molecular complexity index is 1050. The molecular formula is C22H28N6O4. The van der Waals surface area contributed by atoms with Gasteiger partial charge in [0, 0.05) is 37.5 Å². The number of hydrogen-bond acceptors (Lipinski definition) is 8. The van der Waals surface area contributed by atoms with Gasteiger partial charge in [-0.2, -0.15) is 0 Å². The van der Waals surface area contributed by atoms with E-state index in [1.165, 1.54) is 12.8 Å². The summed E-state index contributed by atoms with van der Waals surface area (Å²) in [5.41, 5.74) is 13.4. The van der Waals surface area contributed by atoms with Gasteiger partial charge in [-0.1, -0.05) is 0 Å². The zero-order chi connectivity index (χ0) is 22.8. The number of fused-ring (bicyclic) bond motifs is 1. The largest absolute Gasteiger partial charge is 0.477 e. The highest BCUT2D eigenvalue weighted by molar-refractivity contribution is 6.08. The van der Waals surface area contributed by atoms with E-state index in [0.717, 1.165) is 38.0 Å². The van der Waals surface area contributed by atoms with E-state index in [-0.39, 0.29) is 16.9 Å². The predicted molar refractivity (Wildman–Crippen MR) is 122 cm³/mol. The topological polar surface area (TPSA) is 141 Å². The number of aromatic nitrogens is 1. The molecule has 32 heavy (non-hydrogen) atoms. The number of carbonyl (C=O) groups excluding carboxylic acids is 1. The number of carbonyl (C=O) groups is 1. The van der Waals surface area contributed by atoms with Crippen molar-refractivity contribution in [1.82, 2.24) is 9.88 Å². The minimum absolute atomic E-state index is 0.0291. The minimum Gasteiger partial charge on any atom is -0.477 e.